The molecule has 8 nitrogen and oxygen atoms in total. The second-order valence-corrected chi connectivity index (χ2v) is 6.38. The van der Waals surface area contributed by atoms with Crippen molar-refractivity contribution in [1.29, 1.82) is 0 Å². The molecule has 3 aromatic rings. The number of ether oxygens (including phenoxy) is 3. The quantitative estimate of drug-likeness (QED) is 0.241. The summed E-state index contributed by atoms with van der Waals surface area (Å²) in [6, 6.07) is 14.9. The van der Waals surface area contributed by atoms with Crippen molar-refractivity contribution in [3.8, 4) is 11.3 Å². The fourth-order valence-electron chi connectivity index (χ4n) is 2.95. The first-order valence-corrected chi connectivity index (χ1v) is 9.16. The Morgan fingerprint density at radius 2 is 1.83 bits per heavy atom. The maximum atomic E-state index is 11.5. The van der Waals surface area contributed by atoms with Gasteiger partial charge in [0.05, 0.1) is 44.9 Å². The van der Waals surface area contributed by atoms with Gasteiger partial charge < -0.3 is 19.2 Å². The Kier molecular flexibility index (Phi) is 6.94. The molecule has 0 aliphatic rings. The first kappa shape index (κ1) is 20.5. The third kappa shape index (κ3) is 5.40. The molecular formula is C21H22N2O6. The van der Waals surface area contributed by atoms with Crippen LogP contribution in [-0.2, 0) is 25.6 Å². The summed E-state index contributed by atoms with van der Waals surface area (Å²) < 4.78 is 15.4. The van der Waals surface area contributed by atoms with E-state index in [0.29, 0.717) is 24.3 Å². The highest BCUT2D eigenvalue weighted by atomic mass is 16.6. The number of methoxy groups -OCH3 is 1. The standard InChI is InChI=1S/C21H22N2O6/c1-27-20(24)7-8-28-9-10-29-14-15-11-17-13-18(16-5-3-2-4-6-16)22-21(17)19(12-15)23(25)26/h2-6,11-13,22H,7-10,14H2,1H3. The van der Waals surface area contributed by atoms with Crippen molar-refractivity contribution in [2.45, 2.75) is 13.0 Å². The average molecular weight is 398 g/mol. The predicted molar refractivity (Wildman–Crippen MR) is 107 cm³/mol. The van der Waals surface area contributed by atoms with Crippen molar-refractivity contribution in [2.24, 2.45) is 0 Å². The van der Waals surface area contributed by atoms with E-state index in [9.17, 15) is 14.9 Å². The van der Waals surface area contributed by atoms with Crippen LogP contribution in [0.25, 0.3) is 22.2 Å². The number of nitro groups is 1. The van der Waals surface area contributed by atoms with Crippen LogP contribution >= 0.6 is 0 Å². The van der Waals surface area contributed by atoms with E-state index in [0.717, 1.165) is 16.6 Å². The van der Waals surface area contributed by atoms with Gasteiger partial charge in [-0.1, -0.05) is 30.3 Å². The number of nitrogens with zero attached hydrogens (tertiary/aromatic N) is 1. The number of carbonyl (C=O) groups is 1. The van der Waals surface area contributed by atoms with Crippen LogP contribution in [0.1, 0.15) is 12.0 Å². The van der Waals surface area contributed by atoms with Crippen molar-refractivity contribution >= 4 is 22.6 Å². The maximum absolute atomic E-state index is 11.5. The zero-order valence-electron chi connectivity index (χ0n) is 16.1. The van der Waals surface area contributed by atoms with Gasteiger partial charge in [0.15, 0.2) is 0 Å². The normalized spacial score (nSPS) is 10.9. The zero-order chi connectivity index (χ0) is 20.6. The lowest BCUT2D eigenvalue weighted by Gasteiger charge is -2.06. The van der Waals surface area contributed by atoms with Gasteiger partial charge in [-0.3, -0.25) is 14.9 Å². The van der Waals surface area contributed by atoms with Crippen molar-refractivity contribution in [2.75, 3.05) is 26.9 Å². The maximum Gasteiger partial charge on any atom is 0.307 e. The van der Waals surface area contributed by atoms with Crippen molar-refractivity contribution in [3.05, 3.63) is 64.2 Å². The summed E-state index contributed by atoms with van der Waals surface area (Å²) in [6.07, 6.45) is 0.191. The lowest BCUT2D eigenvalue weighted by molar-refractivity contribution is -0.383. The topological polar surface area (TPSA) is 104 Å². The first-order chi connectivity index (χ1) is 14.1. The van der Waals surface area contributed by atoms with E-state index in [-0.39, 0.29) is 31.3 Å². The molecule has 3 rings (SSSR count). The Balaban J connectivity index is 1.64. The van der Waals surface area contributed by atoms with Gasteiger partial charge >= 0.3 is 5.97 Å². The molecule has 8 heteroatoms. The molecule has 0 atom stereocenters. The van der Waals surface area contributed by atoms with Crippen LogP contribution in [0.4, 0.5) is 5.69 Å². The van der Waals surface area contributed by atoms with Gasteiger partial charge in [-0.05, 0) is 23.3 Å². The molecule has 0 unspecified atom stereocenters. The molecule has 0 spiro atoms. The van der Waals surface area contributed by atoms with E-state index in [4.69, 9.17) is 9.47 Å². The molecule has 2 aromatic carbocycles. The van der Waals surface area contributed by atoms with Gasteiger partial charge in [0, 0.05) is 17.1 Å². The number of benzene rings is 2. The average Bonchev–Trinajstić information content (AvgIpc) is 3.16. The van der Waals surface area contributed by atoms with Crippen LogP contribution in [0.3, 0.4) is 0 Å². The van der Waals surface area contributed by atoms with Crippen LogP contribution in [0.5, 0.6) is 0 Å². The number of aromatic nitrogens is 1. The molecule has 1 N–H and O–H groups in total. The summed E-state index contributed by atoms with van der Waals surface area (Å²) in [7, 11) is 1.33. The largest absolute Gasteiger partial charge is 0.469 e. The smallest absolute Gasteiger partial charge is 0.307 e. The second-order valence-electron chi connectivity index (χ2n) is 6.38. The molecule has 0 radical (unpaired) electrons. The Labute approximate surface area is 167 Å². The monoisotopic (exact) mass is 398 g/mol. The van der Waals surface area contributed by atoms with Crippen LogP contribution in [0, 0.1) is 10.1 Å². The Morgan fingerprint density at radius 3 is 2.55 bits per heavy atom. The SMILES string of the molecule is COC(=O)CCOCCOCc1cc([N+](=O)[O-])c2[nH]c(-c3ccccc3)cc2c1. The minimum atomic E-state index is -0.396. The number of H-pyrrole nitrogens is 1. The molecule has 152 valence electrons. The van der Waals surface area contributed by atoms with E-state index in [2.05, 4.69) is 9.72 Å². The zero-order valence-corrected chi connectivity index (χ0v) is 16.1. The summed E-state index contributed by atoms with van der Waals surface area (Å²) in [4.78, 5) is 25.3. The second kappa shape index (κ2) is 9.81. The Bertz CT molecular complexity index is 984. The summed E-state index contributed by atoms with van der Waals surface area (Å²) in [5, 5.41) is 12.3. The number of esters is 1. The molecule has 0 aliphatic heterocycles. The molecular weight excluding hydrogens is 376 g/mol. The fourth-order valence-corrected chi connectivity index (χ4v) is 2.95. The van der Waals surface area contributed by atoms with Crippen LogP contribution in [0.15, 0.2) is 48.5 Å². The third-order valence-electron chi connectivity index (χ3n) is 4.37. The van der Waals surface area contributed by atoms with Gasteiger partial charge in [-0.15, -0.1) is 0 Å². The third-order valence-corrected chi connectivity index (χ3v) is 4.37. The van der Waals surface area contributed by atoms with Crippen molar-refractivity contribution in [1.82, 2.24) is 4.98 Å². The molecule has 0 amide bonds. The van der Waals surface area contributed by atoms with Gasteiger partial charge in [0.2, 0.25) is 0 Å². The Hall–Kier alpha value is -3.23. The highest BCUT2D eigenvalue weighted by Crippen LogP contribution is 2.31. The molecule has 1 heterocycles. The summed E-state index contributed by atoms with van der Waals surface area (Å²) in [6.45, 7) is 1.13. The van der Waals surface area contributed by atoms with E-state index in [1.807, 2.05) is 42.5 Å². The number of nitrogens with one attached hydrogen (secondary N) is 1. The van der Waals surface area contributed by atoms with Crippen LogP contribution < -0.4 is 0 Å². The minimum absolute atomic E-state index is 0.0117. The number of aromatic amines is 1. The Morgan fingerprint density at radius 1 is 1.07 bits per heavy atom. The molecule has 1 aromatic heterocycles. The number of fused-ring (bicyclic) bond motifs is 1. The number of hydrogen-bond donors (Lipinski definition) is 1. The molecule has 0 fully saturated rings. The number of non-ortho nitro benzene ring substituents is 1. The van der Waals surface area contributed by atoms with Gasteiger partial charge in [0.1, 0.15) is 5.52 Å². The number of hydrogen-bond acceptors (Lipinski definition) is 6. The van der Waals surface area contributed by atoms with E-state index in [1.54, 1.807) is 0 Å². The molecule has 0 saturated carbocycles. The molecule has 0 aliphatic carbocycles. The summed E-state index contributed by atoms with van der Waals surface area (Å²) >= 11 is 0. The summed E-state index contributed by atoms with van der Waals surface area (Å²) in [5.41, 5.74) is 2.99. The van der Waals surface area contributed by atoms with E-state index >= 15 is 0 Å². The lowest BCUT2D eigenvalue weighted by Crippen LogP contribution is -2.09. The first-order valence-electron chi connectivity index (χ1n) is 9.16. The number of nitro benzene ring substituents is 1. The predicted octanol–water partition coefficient (Wildman–Crippen LogP) is 3.84. The van der Waals surface area contributed by atoms with Gasteiger partial charge in [0.25, 0.3) is 5.69 Å². The number of rotatable bonds is 10. The minimum Gasteiger partial charge on any atom is -0.469 e. The molecule has 29 heavy (non-hydrogen) atoms. The van der Waals surface area contributed by atoms with Crippen molar-refractivity contribution < 1.29 is 23.9 Å². The number of carbonyl (C=O) groups excluding carboxylic acids is 1. The lowest BCUT2D eigenvalue weighted by atomic mass is 10.1. The van der Waals surface area contributed by atoms with E-state index in [1.165, 1.54) is 13.2 Å². The van der Waals surface area contributed by atoms with Crippen LogP contribution in [0.2, 0.25) is 0 Å². The van der Waals surface area contributed by atoms with Gasteiger partial charge in [-0.25, -0.2) is 0 Å². The van der Waals surface area contributed by atoms with E-state index < -0.39 is 4.92 Å². The molecule has 0 saturated heterocycles. The van der Waals surface area contributed by atoms with Gasteiger partial charge in [-0.2, -0.15) is 0 Å². The highest BCUT2D eigenvalue weighted by Gasteiger charge is 2.17. The van der Waals surface area contributed by atoms with Crippen LogP contribution in [-0.4, -0.2) is 42.8 Å². The molecule has 0 bridgehead atoms. The highest BCUT2D eigenvalue weighted by molar-refractivity contribution is 5.92. The fraction of sp³-hybridized carbons (Fsp3) is 0.286. The summed E-state index contributed by atoms with van der Waals surface area (Å²) in [5.74, 6) is -0.326. The van der Waals surface area contributed by atoms with Crippen molar-refractivity contribution in [3.63, 3.8) is 0 Å².